The molecule has 0 atom stereocenters. The maximum atomic E-state index is 11.9. The summed E-state index contributed by atoms with van der Waals surface area (Å²) in [6, 6.07) is 0.763. The van der Waals surface area contributed by atoms with Crippen molar-refractivity contribution in [3.8, 4) is 0 Å². The first-order valence-electron chi connectivity index (χ1n) is 7.53. The second kappa shape index (κ2) is 6.19. The smallest absolute Gasteiger partial charge is 0.344 e. The van der Waals surface area contributed by atoms with E-state index in [1.807, 2.05) is 0 Å². The van der Waals surface area contributed by atoms with Crippen LogP contribution in [0.2, 0.25) is 0 Å². The third-order valence-corrected chi connectivity index (χ3v) is 5.46. The van der Waals surface area contributed by atoms with E-state index in [1.165, 1.54) is 44.3 Å². The first kappa shape index (κ1) is 14.6. The van der Waals surface area contributed by atoms with Gasteiger partial charge in [-0.25, -0.2) is 4.79 Å². The van der Waals surface area contributed by atoms with Crippen LogP contribution in [0, 0.1) is 0 Å². The monoisotopic (exact) mass is 310 g/mol. The molecular weight excluding hydrogens is 288 g/mol. The van der Waals surface area contributed by atoms with Crippen LogP contribution in [0.15, 0.2) is 0 Å². The molecular formula is C14H22N4O2S. The minimum atomic E-state index is -0.394. The van der Waals surface area contributed by atoms with Crippen LogP contribution in [0.5, 0.6) is 0 Å². The van der Waals surface area contributed by atoms with Crippen molar-refractivity contribution in [3.05, 3.63) is 5.56 Å². The van der Waals surface area contributed by atoms with E-state index in [9.17, 15) is 4.79 Å². The minimum absolute atomic E-state index is 0.278. The zero-order chi connectivity index (χ0) is 14.8. The van der Waals surface area contributed by atoms with Crippen LogP contribution in [-0.2, 0) is 4.74 Å². The standard InChI is InChI=1S/C14H22N4O2S/c1-20-14(19)11-12(15)16-21-13(11)18-8-6-17(7-9-18)10-4-2-3-5-10/h10H,2-9H2,1H3,(H2,15,16). The summed E-state index contributed by atoms with van der Waals surface area (Å²) in [4.78, 5) is 16.7. The number of hydrogen-bond donors (Lipinski definition) is 1. The van der Waals surface area contributed by atoms with E-state index in [-0.39, 0.29) is 5.82 Å². The van der Waals surface area contributed by atoms with Crippen LogP contribution in [0.25, 0.3) is 0 Å². The molecule has 3 rings (SSSR count). The molecule has 0 spiro atoms. The van der Waals surface area contributed by atoms with Crippen molar-refractivity contribution in [2.24, 2.45) is 0 Å². The van der Waals surface area contributed by atoms with Crippen molar-refractivity contribution in [2.45, 2.75) is 31.7 Å². The molecule has 0 aromatic carbocycles. The van der Waals surface area contributed by atoms with Crippen molar-refractivity contribution in [3.63, 3.8) is 0 Å². The zero-order valence-electron chi connectivity index (χ0n) is 12.4. The summed E-state index contributed by atoms with van der Waals surface area (Å²) < 4.78 is 8.94. The predicted molar refractivity (Wildman–Crippen MR) is 83.9 cm³/mol. The van der Waals surface area contributed by atoms with Gasteiger partial charge in [0.2, 0.25) is 0 Å². The van der Waals surface area contributed by atoms with Crippen molar-refractivity contribution in [2.75, 3.05) is 43.9 Å². The van der Waals surface area contributed by atoms with Gasteiger partial charge in [0.05, 0.1) is 7.11 Å². The average molecular weight is 310 g/mol. The van der Waals surface area contributed by atoms with E-state index in [0.29, 0.717) is 5.56 Å². The normalized spacial score (nSPS) is 20.9. The quantitative estimate of drug-likeness (QED) is 0.855. The van der Waals surface area contributed by atoms with Gasteiger partial charge in [-0.05, 0) is 24.4 Å². The Morgan fingerprint density at radius 3 is 2.57 bits per heavy atom. The van der Waals surface area contributed by atoms with Crippen LogP contribution >= 0.6 is 11.5 Å². The van der Waals surface area contributed by atoms with Gasteiger partial charge in [-0.2, -0.15) is 4.37 Å². The third-order valence-electron chi connectivity index (χ3n) is 4.53. The van der Waals surface area contributed by atoms with Gasteiger partial charge in [0.15, 0.2) is 5.82 Å². The summed E-state index contributed by atoms with van der Waals surface area (Å²) in [5, 5.41) is 0.852. The highest BCUT2D eigenvalue weighted by Crippen LogP contribution is 2.33. The van der Waals surface area contributed by atoms with Gasteiger partial charge in [-0.1, -0.05) is 12.8 Å². The second-order valence-electron chi connectivity index (χ2n) is 5.70. The van der Waals surface area contributed by atoms with Gasteiger partial charge in [-0.15, -0.1) is 0 Å². The predicted octanol–water partition coefficient (Wildman–Crippen LogP) is 1.58. The number of aromatic nitrogens is 1. The molecule has 2 fully saturated rings. The van der Waals surface area contributed by atoms with Crippen molar-refractivity contribution < 1.29 is 9.53 Å². The first-order valence-corrected chi connectivity index (χ1v) is 8.30. The van der Waals surface area contributed by atoms with E-state index < -0.39 is 5.97 Å². The van der Waals surface area contributed by atoms with Crippen molar-refractivity contribution in [1.29, 1.82) is 0 Å². The third kappa shape index (κ3) is 2.85. The highest BCUT2D eigenvalue weighted by Gasteiger charge is 2.30. The molecule has 1 aliphatic carbocycles. The van der Waals surface area contributed by atoms with Crippen LogP contribution < -0.4 is 10.6 Å². The maximum absolute atomic E-state index is 11.9. The Bertz CT molecular complexity index is 505. The molecule has 7 heteroatoms. The van der Waals surface area contributed by atoms with E-state index >= 15 is 0 Å². The fraction of sp³-hybridized carbons (Fsp3) is 0.714. The molecule has 2 aliphatic rings. The number of rotatable bonds is 3. The molecule has 21 heavy (non-hydrogen) atoms. The summed E-state index contributed by atoms with van der Waals surface area (Å²) in [6.45, 7) is 3.93. The van der Waals surface area contributed by atoms with Crippen LogP contribution in [0.4, 0.5) is 10.8 Å². The van der Waals surface area contributed by atoms with Crippen molar-refractivity contribution >= 4 is 28.3 Å². The largest absolute Gasteiger partial charge is 0.465 e. The zero-order valence-corrected chi connectivity index (χ0v) is 13.2. The lowest BCUT2D eigenvalue weighted by atomic mass is 10.1. The van der Waals surface area contributed by atoms with Gasteiger partial charge in [0.25, 0.3) is 0 Å². The number of nitrogens with two attached hydrogens (primary N) is 1. The molecule has 6 nitrogen and oxygen atoms in total. The maximum Gasteiger partial charge on any atom is 0.344 e. The number of nitrogen functional groups attached to an aromatic ring is 1. The molecule has 0 unspecified atom stereocenters. The van der Waals surface area contributed by atoms with Crippen LogP contribution in [-0.4, -0.2) is 54.6 Å². The molecule has 1 aromatic heterocycles. The minimum Gasteiger partial charge on any atom is -0.465 e. The Balaban J connectivity index is 1.68. The highest BCUT2D eigenvalue weighted by molar-refractivity contribution is 7.11. The van der Waals surface area contributed by atoms with Gasteiger partial charge < -0.3 is 15.4 Å². The number of ether oxygens (including phenoxy) is 1. The number of carbonyl (C=O) groups excluding carboxylic acids is 1. The van der Waals surface area contributed by atoms with Crippen LogP contribution in [0.3, 0.4) is 0 Å². The van der Waals surface area contributed by atoms with E-state index in [1.54, 1.807) is 0 Å². The Hall–Kier alpha value is -1.34. The summed E-state index contributed by atoms with van der Waals surface area (Å²) >= 11 is 1.29. The second-order valence-corrected chi connectivity index (χ2v) is 6.45. The number of methoxy groups -OCH3 is 1. The van der Waals surface area contributed by atoms with E-state index in [4.69, 9.17) is 10.5 Å². The molecule has 1 saturated heterocycles. The number of piperazine rings is 1. The summed E-state index contributed by atoms with van der Waals surface area (Å²) in [5.41, 5.74) is 6.24. The Morgan fingerprint density at radius 2 is 1.95 bits per heavy atom. The Labute approximate surface area is 129 Å². The number of anilines is 2. The Morgan fingerprint density at radius 1 is 1.29 bits per heavy atom. The fourth-order valence-corrected chi connectivity index (χ4v) is 4.22. The molecule has 1 aliphatic heterocycles. The summed E-state index contributed by atoms with van der Waals surface area (Å²) in [7, 11) is 1.38. The van der Waals surface area contributed by atoms with Crippen LogP contribution in [0.1, 0.15) is 36.0 Å². The lowest BCUT2D eigenvalue weighted by molar-refractivity contribution is 0.0602. The first-order chi connectivity index (χ1) is 10.2. The molecule has 116 valence electrons. The van der Waals surface area contributed by atoms with Gasteiger partial charge in [-0.3, -0.25) is 4.90 Å². The topological polar surface area (TPSA) is 71.7 Å². The Kier molecular flexibility index (Phi) is 4.30. The molecule has 2 N–H and O–H groups in total. The summed E-state index contributed by atoms with van der Waals surface area (Å²) in [5.74, 6) is -0.116. The average Bonchev–Trinajstić information content (AvgIpc) is 3.16. The molecule has 0 amide bonds. The molecule has 0 radical (unpaired) electrons. The lowest BCUT2D eigenvalue weighted by Crippen LogP contribution is -2.49. The SMILES string of the molecule is COC(=O)c1c(N)nsc1N1CCN(C2CCCC2)CC1. The summed E-state index contributed by atoms with van der Waals surface area (Å²) in [6.07, 6.45) is 5.40. The molecule has 0 bridgehead atoms. The lowest BCUT2D eigenvalue weighted by Gasteiger charge is -2.38. The van der Waals surface area contributed by atoms with E-state index in [2.05, 4.69) is 14.2 Å². The number of esters is 1. The number of hydrogen-bond acceptors (Lipinski definition) is 7. The van der Waals surface area contributed by atoms with Gasteiger partial charge in [0.1, 0.15) is 10.6 Å². The van der Waals surface area contributed by atoms with E-state index in [0.717, 1.165) is 37.2 Å². The number of nitrogens with zero attached hydrogens (tertiary/aromatic N) is 3. The van der Waals surface area contributed by atoms with Gasteiger partial charge in [0, 0.05) is 32.2 Å². The fourth-order valence-electron chi connectivity index (χ4n) is 3.36. The number of carbonyl (C=O) groups is 1. The van der Waals surface area contributed by atoms with Gasteiger partial charge >= 0.3 is 5.97 Å². The highest BCUT2D eigenvalue weighted by atomic mass is 32.1. The molecule has 1 saturated carbocycles. The molecule has 1 aromatic rings. The van der Waals surface area contributed by atoms with Crippen molar-refractivity contribution in [1.82, 2.24) is 9.27 Å². The molecule has 2 heterocycles.